The highest BCUT2D eigenvalue weighted by Gasteiger charge is 2.24. The fourth-order valence-corrected chi connectivity index (χ4v) is 2.85. The van der Waals surface area contributed by atoms with Crippen molar-refractivity contribution in [2.75, 3.05) is 13.7 Å². The molecule has 0 aliphatic rings. The first kappa shape index (κ1) is 23.4. The third-order valence-corrected chi connectivity index (χ3v) is 4.47. The van der Waals surface area contributed by atoms with Crippen LogP contribution in [0.3, 0.4) is 0 Å². The molecule has 144 valence electrons. The van der Waals surface area contributed by atoms with E-state index in [1.165, 1.54) is 58.5 Å². The number of carbonyl (C=O) groups excluding carboxylic acids is 1. The molecule has 3 N–H and O–H groups in total. The largest absolute Gasteiger partial charge is 0.467 e. The summed E-state index contributed by atoms with van der Waals surface area (Å²) in [6.07, 6.45) is 13.3. The second-order valence-corrected chi connectivity index (χ2v) is 6.64. The zero-order chi connectivity index (χ0) is 18.0. The van der Waals surface area contributed by atoms with Crippen molar-refractivity contribution >= 4 is 5.97 Å². The van der Waals surface area contributed by atoms with Crippen molar-refractivity contribution in [3.05, 3.63) is 0 Å². The Morgan fingerprint density at radius 3 is 1.50 bits per heavy atom. The SMILES string of the molecule is COC(=O)C(O)C(O)CCCCCCCCCCCCCCCO. The molecule has 5 nitrogen and oxygen atoms in total. The molecule has 0 amide bonds. The van der Waals surface area contributed by atoms with Crippen molar-refractivity contribution in [1.29, 1.82) is 0 Å². The predicted molar refractivity (Wildman–Crippen MR) is 95.8 cm³/mol. The quantitative estimate of drug-likeness (QED) is 0.278. The summed E-state index contributed by atoms with van der Waals surface area (Å²) < 4.78 is 4.40. The molecule has 0 aromatic rings. The maximum Gasteiger partial charge on any atom is 0.337 e. The summed E-state index contributed by atoms with van der Waals surface area (Å²) in [6.45, 7) is 0.324. The number of esters is 1. The van der Waals surface area contributed by atoms with Crippen molar-refractivity contribution in [1.82, 2.24) is 0 Å². The van der Waals surface area contributed by atoms with Crippen molar-refractivity contribution in [2.24, 2.45) is 0 Å². The maximum atomic E-state index is 11.1. The molecule has 0 bridgehead atoms. The van der Waals surface area contributed by atoms with Crippen molar-refractivity contribution in [3.8, 4) is 0 Å². The van der Waals surface area contributed by atoms with Gasteiger partial charge in [0.15, 0.2) is 6.10 Å². The Labute approximate surface area is 147 Å². The first-order valence-electron chi connectivity index (χ1n) is 9.68. The first-order chi connectivity index (χ1) is 11.6. The van der Waals surface area contributed by atoms with E-state index in [0.29, 0.717) is 13.0 Å². The van der Waals surface area contributed by atoms with E-state index in [4.69, 9.17) is 5.11 Å². The van der Waals surface area contributed by atoms with Gasteiger partial charge in [-0.25, -0.2) is 4.79 Å². The molecule has 0 aromatic heterocycles. The van der Waals surface area contributed by atoms with Gasteiger partial charge >= 0.3 is 5.97 Å². The molecular weight excluding hydrogens is 308 g/mol. The van der Waals surface area contributed by atoms with Gasteiger partial charge < -0.3 is 20.1 Å². The summed E-state index contributed by atoms with van der Waals surface area (Å²) in [5.74, 6) is -0.768. The smallest absolute Gasteiger partial charge is 0.337 e. The predicted octanol–water partition coefficient (Wildman–Crippen LogP) is 3.33. The van der Waals surface area contributed by atoms with Crippen LogP contribution >= 0.6 is 0 Å². The van der Waals surface area contributed by atoms with Crippen LogP contribution in [0.4, 0.5) is 0 Å². The molecule has 0 spiro atoms. The van der Waals surface area contributed by atoms with Crippen LogP contribution in [0, 0.1) is 0 Å². The fraction of sp³-hybridized carbons (Fsp3) is 0.947. The number of carbonyl (C=O) groups is 1. The minimum Gasteiger partial charge on any atom is -0.467 e. The first-order valence-corrected chi connectivity index (χ1v) is 9.68. The Bertz CT molecular complexity index is 283. The molecule has 24 heavy (non-hydrogen) atoms. The van der Waals surface area contributed by atoms with E-state index >= 15 is 0 Å². The van der Waals surface area contributed by atoms with E-state index in [0.717, 1.165) is 32.1 Å². The van der Waals surface area contributed by atoms with Crippen LogP contribution in [0.25, 0.3) is 0 Å². The molecule has 0 rings (SSSR count). The molecule has 0 fully saturated rings. The number of hydrogen-bond acceptors (Lipinski definition) is 5. The molecule has 0 aromatic carbocycles. The van der Waals surface area contributed by atoms with Crippen LogP contribution in [0.5, 0.6) is 0 Å². The fourth-order valence-electron chi connectivity index (χ4n) is 2.85. The van der Waals surface area contributed by atoms with Crippen LogP contribution in [-0.4, -0.2) is 47.2 Å². The monoisotopic (exact) mass is 346 g/mol. The molecule has 0 radical (unpaired) electrons. The number of rotatable bonds is 17. The Kier molecular flexibility index (Phi) is 16.7. The number of unbranched alkanes of at least 4 members (excludes halogenated alkanes) is 12. The summed E-state index contributed by atoms with van der Waals surface area (Å²) in [6, 6.07) is 0. The number of ether oxygens (including phenoxy) is 1. The second-order valence-electron chi connectivity index (χ2n) is 6.64. The molecule has 2 atom stereocenters. The zero-order valence-corrected chi connectivity index (χ0v) is 15.4. The Morgan fingerprint density at radius 2 is 1.12 bits per heavy atom. The Morgan fingerprint density at radius 1 is 0.750 bits per heavy atom. The highest BCUT2D eigenvalue weighted by molar-refractivity contribution is 5.74. The average Bonchev–Trinajstić information content (AvgIpc) is 2.60. The van der Waals surface area contributed by atoms with Gasteiger partial charge in [0.1, 0.15) is 0 Å². The van der Waals surface area contributed by atoms with Gasteiger partial charge in [-0.05, 0) is 12.8 Å². The van der Waals surface area contributed by atoms with Gasteiger partial charge in [0, 0.05) is 6.61 Å². The lowest BCUT2D eigenvalue weighted by Gasteiger charge is -2.15. The summed E-state index contributed by atoms with van der Waals surface area (Å²) in [5, 5.41) is 27.8. The minimum absolute atomic E-state index is 0.324. The summed E-state index contributed by atoms with van der Waals surface area (Å²) in [5.41, 5.74) is 0. The summed E-state index contributed by atoms with van der Waals surface area (Å²) in [7, 11) is 1.20. The molecule has 0 saturated heterocycles. The van der Waals surface area contributed by atoms with E-state index in [1.807, 2.05) is 0 Å². The summed E-state index contributed by atoms with van der Waals surface area (Å²) in [4.78, 5) is 11.1. The normalized spacial score (nSPS) is 13.7. The third-order valence-electron chi connectivity index (χ3n) is 4.47. The zero-order valence-electron chi connectivity index (χ0n) is 15.4. The van der Waals surface area contributed by atoms with E-state index in [1.54, 1.807) is 0 Å². The van der Waals surface area contributed by atoms with E-state index in [2.05, 4.69) is 4.74 Å². The van der Waals surface area contributed by atoms with Crippen LogP contribution in [0.2, 0.25) is 0 Å². The summed E-state index contributed by atoms with van der Waals surface area (Å²) >= 11 is 0. The van der Waals surface area contributed by atoms with Gasteiger partial charge in [-0.15, -0.1) is 0 Å². The molecule has 0 aliphatic carbocycles. The molecule has 0 saturated carbocycles. The van der Waals surface area contributed by atoms with Crippen LogP contribution < -0.4 is 0 Å². The van der Waals surface area contributed by atoms with Gasteiger partial charge in [0.2, 0.25) is 0 Å². The lowest BCUT2D eigenvalue weighted by Crippen LogP contribution is -2.34. The second kappa shape index (κ2) is 17.2. The topological polar surface area (TPSA) is 87.0 Å². The van der Waals surface area contributed by atoms with Gasteiger partial charge in [-0.2, -0.15) is 0 Å². The molecule has 0 heterocycles. The average molecular weight is 347 g/mol. The molecular formula is C19H38O5. The number of aliphatic hydroxyl groups excluding tert-OH is 3. The van der Waals surface area contributed by atoms with Gasteiger partial charge in [0.25, 0.3) is 0 Å². The van der Waals surface area contributed by atoms with Gasteiger partial charge in [-0.1, -0.05) is 77.0 Å². The minimum atomic E-state index is -1.42. The van der Waals surface area contributed by atoms with E-state index in [9.17, 15) is 15.0 Å². The number of methoxy groups -OCH3 is 1. The Balaban J connectivity index is 3.24. The Hall–Kier alpha value is -0.650. The lowest BCUT2D eigenvalue weighted by molar-refractivity contribution is -0.156. The highest BCUT2D eigenvalue weighted by Crippen LogP contribution is 2.14. The van der Waals surface area contributed by atoms with Crippen LogP contribution in [0.15, 0.2) is 0 Å². The highest BCUT2D eigenvalue weighted by atomic mass is 16.5. The molecule has 2 unspecified atom stereocenters. The van der Waals surface area contributed by atoms with E-state index in [-0.39, 0.29) is 0 Å². The lowest BCUT2D eigenvalue weighted by atomic mass is 10.0. The van der Waals surface area contributed by atoms with Crippen molar-refractivity contribution in [2.45, 2.75) is 102 Å². The van der Waals surface area contributed by atoms with Crippen molar-refractivity contribution in [3.63, 3.8) is 0 Å². The van der Waals surface area contributed by atoms with E-state index < -0.39 is 18.2 Å². The van der Waals surface area contributed by atoms with Gasteiger partial charge in [-0.3, -0.25) is 0 Å². The number of aliphatic hydroxyl groups is 3. The van der Waals surface area contributed by atoms with Crippen molar-refractivity contribution < 1.29 is 24.9 Å². The third kappa shape index (κ3) is 13.8. The van der Waals surface area contributed by atoms with Gasteiger partial charge in [0.05, 0.1) is 13.2 Å². The maximum absolute atomic E-state index is 11.1. The van der Waals surface area contributed by atoms with Crippen LogP contribution in [-0.2, 0) is 9.53 Å². The standard InChI is InChI=1S/C19H38O5/c1-24-19(23)18(22)17(21)15-13-11-9-7-5-3-2-4-6-8-10-12-14-16-20/h17-18,20-22H,2-16H2,1H3. The number of hydrogen-bond donors (Lipinski definition) is 3. The van der Waals surface area contributed by atoms with Crippen LogP contribution in [0.1, 0.15) is 89.9 Å². The molecule has 5 heteroatoms. The molecule has 0 aliphatic heterocycles.